The number of esters is 1. The number of carbonyl (C=O) groups excluding carboxylic acids is 1. The van der Waals surface area contributed by atoms with Crippen LogP contribution in [-0.2, 0) is 9.53 Å². The number of halogens is 1. The van der Waals surface area contributed by atoms with E-state index < -0.39 is 6.04 Å². The van der Waals surface area contributed by atoms with Crippen molar-refractivity contribution in [1.82, 2.24) is 14.2 Å². The molecule has 0 saturated heterocycles. The van der Waals surface area contributed by atoms with E-state index in [9.17, 15) is 9.59 Å². The molecular formula is C22H19BrN4O3. The number of nitrogens with zero attached hydrogens (tertiary/aromatic N) is 4. The fourth-order valence-electron chi connectivity index (χ4n) is 3.45. The summed E-state index contributed by atoms with van der Waals surface area (Å²) in [6.07, 6.45) is 3.45. The molecule has 2 aromatic heterocycles. The Morgan fingerprint density at radius 3 is 2.77 bits per heavy atom. The SMILES string of the molecule is COC(=O)[C@@H](C)n1cc(C=Nn2c(C)nc3ccc(Br)cc3c2=O)c2ccccc21. The van der Waals surface area contributed by atoms with E-state index in [-0.39, 0.29) is 11.5 Å². The van der Waals surface area contributed by atoms with Gasteiger partial charge in [0.2, 0.25) is 0 Å². The van der Waals surface area contributed by atoms with Crippen LogP contribution in [0.5, 0.6) is 0 Å². The Morgan fingerprint density at radius 1 is 1.23 bits per heavy atom. The van der Waals surface area contributed by atoms with Gasteiger partial charge in [0, 0.05) is 27.1 Å². The summed E-state index contributed by atoms with van der Waals surface area (Å²) in [4.78, 5) is 29.5. The lowest BCUT2D eigenvalue weighted by Gasteiger charge is -2.12. The molecule has 0 amide bonds. The molecule has 30 heavy (non-hydrogen) atoms. The number of fused-ring (bicyclic) bond motifs is 2. The van der Waals surface area contributed by atoms with Crippen molar-refractivity contribution in [3.63, 3.8) is 0 Å². The van der Waals surface area contributed by atoms with Gasteiger partial charge in [0.05, 0.1) is 24.2 Å². The van der Waals surface area contributed by atoms with E-state index in [0.29, 0.717) is 16.7 Å². The van der Waals surface area contributed by atoms with Crippen LogP contribution in [-0.4, -0.2) is 33.5 Å². The molecule has 0 fully saturated rings. The topological polar surface area (TPSA) is 78.5 Å². The lowest BCUT2D eigenvalue weighted by Crippen LogP contribution is -2.20. The normalized spacial score (nSPS) is 12.7. The van der Waals surface area contributed by atoms with Crippen LogP contribution in [0, 0.1) is 6.92 Å². The van der Waals surface area contributed by atoms with Gasteiger partial charge >= 0.3 is 5.97 Å². The maximum absolute atomic E-state index is 12.9. The lowest BCUT2D eigenvalue weighted by atomic mass is 10.2. The molecule has 8 heteroatoms. The molecular weight excluding hydrogens is 448 g/mol. The molecule has 2 aromatic carbocycles. The number of rotatable bonds is 4. The molecule has 0 bridgehead atoms. The van der Waals surface area contributed by atoms with E-state index in [1.807, 2.05) is 41.1 Å². The molecule has 0 aliphatic carbocycles. The summed E-state index contributed by atoms with van der Waals surface area (Å²) in [6.45, 7) is 3.52. The summed E-state index contributed by atoms with van der Waals surface area (Å²) in [7, 11) is 1.37. The van der Waals surface area contributed by atoms with Crippen molar-refractivity contribution >= 4 is 49.9 Å². The van der Waals surface area contributed by atoms with Crippen molar-refractivity contribution in [3.05, 3.63) is 74.9 Å². The van der Waals surface area contributed by atoms with Crippen molar-refractivity contribution in [2.75, 3.05) is 7.11 Å². The molecule has 2 heterocycles. The van der Waals surface area contributed by atoms with Crippen LogP contribution in [0.25, 0.3) is 21.8 Å². The van der Waals surface area contributed by atoms with Gasteiger partial charge in [0.1, 0.15) is 11.9 Å². The van der Waals surface area contributed by atoms with Gasteiger partial charge in [0.15, 0.2) is 0 Å². The molecule has 0 aliphatic heterocycles. The van der Waals surface area contributed by atoms with Gasteiger partial charge in [-0.25, -0.2) is 9.78 Å². The van der Waals surface area contributed by atoms with Gasteiger partial charge in [-0.1, -0.05) is 34.1 Å². The fourth-order valence-corrected chi connectivity index (χ4v) is 3.82. The van der Waals surface area contributed by atoms with Gasteiger partial charge in [-0.2, -0.15) is 9.78 Å². The molecule has 4 rings (SSSR count). The summed E-state index contributed by atoms with van der Waals surface area (Å²) in [6, 6.07) is 12.6. The minimum Gasteiger partial charge on any atom is -0.467 e. The third kappa shape index (κ3) is 3.43. The van der Waals surface area contributed by atoms with Crippen molar-refractivity contribution in [2.24, 2.45) is 5.10 Å². The molecule has 4 aromatic rings. The number of hydrogen-bond donors (Lipinski definition) is 0. The van der Waals surface area contributed by atoms with Crippen molar-refractivity contribution in [2.45, 2.75) is 19.9 Å². The van der Waals surface area contributed by atoms with E-state index >= 15 is 0 Å². The van der Waals surface area contributed by atoms with E-state index in [0.717, 1.165) is 20.9 Å². The Kier molecular flexibility index (Phi) is 5.26. The highest BCUT2D eigenvalue weighted by Crippen LogP contribution is 2.24. The summed E-state index contributed by atoms with van der Waals surface area (Å²) in [5, 5.41) is 5.81. The first-order chi connectivity index (χ1) is 14.4. The van der Waals surface area contributed by atoms with Gasteiger partial charge in [-0.05, 0) is 38.1 Å². The third-order valence-electron chi connectivity index (χ3n) is 5.01. The molecule has 0 unspecified atom stereocenters. The van der Waals surface area contributed by atoms with E-state index in [1.165, 1.54) is 11.8 Å². The number of benzene rings is 2. The first-order valence-corrected chi connectivity index (χ1v) is 10.1. The van der Waals surface area contributed by atoms with Crippen LogP contribution in [0.15, 0.2) is 63.0 Å². The average molecular weight is 467 g/mol. The summed E-state index contributed by atoms with van der Waals surface area (Å²) >= 11 is 3.39. The monoisotopic (exact) mass is 466 g/mol. The number of hydrogen-bond acceptors (Lipinski definition) is 5. The quantitative estimate of drug-likeness (QED) is 0.335. The summed E-state index contributed by atoms with van der Waals surface area (Å²) < 4.78 is 8.81. The lowest BCUT2D eigenvalue weighted by molar-refractivity contribution is -0.143. The smallest absolute Gasteiger partial charge is 0.328 e. The maximum Gasteiger partial charge on any atom is 0.328 e. The van der Waals surface area contributed by atoms with E-state index in [1.54, 1.807) is 32.2 Å². The molecule has 0 saturated carbocycles. The zero-order valence-electron chi connectivity index (χ0n) is 16.7. The van der Waals surface area contributed by atoms with E-state index in [2.05, 4.69) is 26.0 Å². The third-order valence-corrected chi connectivity index (χ3v) is 5.51. The zero-order valence-corrected chi connectivity index (χ0v) is 18.3. The average Bonchev–Trinajstić information content (AvgIpc) is 3.12. The van der Waals surface area contributed by atoms with Crippen molar-refractivity contribution < 1.29 is 9.53 Å². The minimum atomic E-state index is -0.494. The maximum atomic E-state index is 12.9. The summed E-state index contributed by atoms with van der Waals surface area (Å²) in [5.41, 5.74) is 2.03. The van der Waals surface area contributed by atoms with Crippen LogP contribution in [0.2, 0.25) is 0 Å². The van der Waals surface area contributed by atoms with Crippen LogP contribution in [0.3, 0.4) is 0 Å². The second-order valence-electron chi connectivity index (χ2n) is 6.89. The molecule has 7 nitrogen and oxygen atoms in total. The van der Waals surface area contributed by atoms with Crippen molar-refractivity contribution in [1.29, 1.82) is 0 Å². The second-order valence-corrected chi connectivity index (χ2v) is 7.81. The largest absolute Gasteiger partial charge is 0.467 e. The number of methoxy groups -OCH3 is 1. The Bertz CT molecular complexity index is 1370. The highest BCUT2D eigenvalue weighted by atomic mass is 79.9. The Balaban J connectivity index is 1.84. The first-order valence-electron chi connectivity index (χ1n) is 9.31. The number of carbonyl (C=O) groups is 1. The highest BCUT2D eigenvalue weighted by Gasteiger charge is 2.18. The highest BCUT2D eigenvalue weighted by molar-refractivity contribution is 9.10. The number of ether oxygens (including phenoxy) is 1. The standard InChI is InChI=1S/C22H19BrN4O3/c1-13(22(29)30-3)26-12-15(17-6-4-5-7-20(17)26)11-24-27-14(2)25-19-9-8-16(23)10-18(19)21(27)28/h4-13H,1-3H3/t13-/m1/s1. The van der Waals surface area contributed by atoms with Gasteiger partial charge in [0.25, 0.3) is 5.56 Å². The number of aromatic nitrogens is 3. The second kappa shape index (κ2) is 7.87. The van der Waals surface area contributed by atoms with Gasteiger partial charge in [-0.15, -0.1) is 0 Å². The van der Waals surface area contributed by atoms with Crippen LogP contribution in [0.4, 0.5) is 0 Å². The predicted octanol–water partition coefficient (Wildman–Crippen LogP) is 4.04. The van der Waals surface area contributed by atoms with Gasteiger partial charge < -0.3 is 9.30 Å². The van der Waals surface area contributed by atoms with Crippen LogP contribution < -0.4 is 5.56 Å². The molecule has 1 atom stereocenters. The number of para-hydroxylation sites is 1. The Morgan fingerprint density at radius 2 is 2.00 bits per heavy atom. The zero-order chi connectivity index (χ0) is 21.4. The minimum absolute atomic E-state index is 0.248. The van der Waals surface area contributed by atoms with E-state index in [4.69, 9.17) is 4.74 Å². The molecule has 0 aliphatic rings. The molecule has 152 valence electrons. The number of aryl methyl sites for hydroxylation is 1. The fraction of sp³-hybridized carbons (Fsp3) is 0.182. The Labute approximate surface area is 180 Å². The van der Waals surface area contributed by atoms with Crippen LogP contribution in [0.1, 0.15) is 24.4 Å². The van der Waals surface area contributed by atoms with Gasteiger partial charge in [-0.3, -0.25) is 4.79 Å². The van der Waals surface area contributed by atoms with Crippen LogP contribution >= 0.6 is 15.9 Å². The first kappa shape index (κ1) is 20.0. The Hall–Kier alpha value is -3.26. The predicted molar refractivity (Wildman–Crippen MR) is 120 cm³/mol. The molecule has 0 radical (unpaired) electrons. The summed E-state index contributed by atoms with van der Waals surface area (Å²) in [5.74, 6) is 0.147. The molecule has 0 N–H and O–H groups in total. The molecule has 0 spiro atoms. The van der Waals surface area contributed by atoms with Crippen molar-refractivity contribution in [3.8, 4) is 0 Å².